The van der Waals surface area contributed by atoms with Crippen molar-refractivity contribution >= 4 is 58.2 Å². The Hall–Kier alpha value is -5.98. The molecule has 2 fully saturated rings. The fourth-order valence-electron chi connectivity index (χ4n) is 7.62. The van der Waals surface area contributed by atoms with Crippen LogP contribution in [0.25, 0.3) is 0 Å². The van der Waals surface area contributed by atoms with Crippen molar-refractivity contribution in [1.29, 1.82) is 0 Å². The molecule has 19 heteroatoms. The van der Waals surface area contributed by atoms with Gasteiger partial charge in [0, 0.05) is 80.6 Å². The third-order valence-corrected chi connectivity index (χ3v) is 11.2. The summed E-state index contributed by atoms with van der Waals surface area (Å²) in [6, 6.07) is 10.8. The summed E-state index contributed by atoms with van der Waals surface area (Å²) in [5.41, 5.74) is 3.55. The summed E-state index contributed by atoms with van der Waals surface area (Å²) in [5.74, 6) is 1.35. The molecule has 312 valence electrons. The number of quaternary nitrogens is 1. The first-order chi connectivity index (χ1) is 28.3. The quantitative estimate of drug-likeness (QED) is 0.0815. The molecule has 0 aliphatic carbocycles. The Kier molecular flexibility index (Phi) is 12.2. The van der Waals surface area contributed by atoms with E-state index < -0.39 is 4.92 Å². The molecule has 2 aromatic heterocycles. The molecule has 5 heterocycles. The van der Waals surface area contributed by atoms with Crippen LogP contribution in [0, 0.1) is 10.1 Å². The molecule has 3 aliphatic rings. The molecule has 3 amide bonds. The van der Waals surface area contributed by atoms with Crippen molar-refractivity contribution < 1.29 is 33.2 Å². The predicted octanol–water partition coefficient (Wildman–Crippen LogP) is 5.14. The first-order valence-electron chi connectivity index (χ1n) is 19.4. The summed E-state index contributed by atoms with van der Waals surface area (Å²) >= 11 is 6.83. The van der Waals surface area contributed by atoms with Gasteiger partial charge >= 0.3 is 11.8 Å². The lowest BCUT2D eigenvalue weighted by Crippen LogP contribution is -2.55. The lowest BCUT2D eigenvalue weighted by atomic mass is 10.0. The first kappa shape index (κ1) is 41.2. The number of anilines is 5. The van der Waals surface area contributed by atoms with Crippen molar-refractivity contribution in [3.05, 3.63) is 87.5 Å². The van der Waals surface area contributed by atoms with Gasteiger partial charge in [-0.1, -0.05) is 11.6 Å². The van der Waals surface area contributed by atoms with Gasteiger partial charge in [0.2, 0.25) is 18.2 Å². The van der Waals surface area contributed by atoms with E-state index in [4.69, 9.17) is 30.8 Å². The number of rotatable bonds is 13. The maximum absolute atomic E-state index is 14.7. The molecule has 59 heavy (non-hydrogen) atoms. The molecule has 2 aromatic carbocycles. The van der Waals surface area contributed by atoms with Crippen LogP contribution in [0.4, 0.5) is 39.4 Å². The number of benzene rings is 2. The Balaban J connectivity index is 1.09. The molecule has 1 N–H and O–H groups in total. The van der Waals surface area contributed by atoms with Crippen molar-refractivity contribution in [1.82, 2.24) is 24.4 Å². The second-order valence-electron chi connectivity index (χ2n) is 15.3. The van der Waals surface area contributed by atoms with Gasteiger partial charge in [0.25, 0.3) is 0 Å². The summed E-state index contributed by atoms with van der Waals surface area (Å²) in [6.07, 6.45) is 7.50. The molecular formula is C40H49ClN11O7+. The number of imidazole rings is 1. The number of nitrogens with one attached hydrogen (secondary N) is 1. The number of likely N-dealkylation sites (N-methyl/N-ethyl adjacent to an activating group) is 1. The molecule has 3 aliphatic heterocycles. The molecule has 0 spiro atoms. The maximum atomic E-state index is 14.7. The lowest BCUT2D eigenvalue weighted by Gasteiger charge is -2.43. The normalized spacial score (nSPS) is 16.4. The van der Waals surface area contributed by atoms with Gasteiger partial charge < -0.3 is 48.5 Å². The number of nitro groups is 1. The average molecular weight is 831 g/mol. The maximum Gasteiger partial charge on any atom is 0.390 e. The molecule has 4 aromatic rings. The molecule has 0 saturated carbocycles. The van der Waals surface area contributed by atoms with E-state index in [0.717, 1.165) is 24.5 Å². The zero-order chi connectivity index (χ0) is 41.8. The number of likely N-dealkylation sites (tertiary alicyclic amines) is 1. The summed E-state index contributed by atoms with van der Waals surface area (Å²) in [6.45, 7) is 4.85. The van der Waals surface area contributed by atoms with E-state index in [9.17, 15) is 19.7 Å². The van der Waals surface area contributed by atoms with Crippen molar-refractivity contribution in [3.63, 3.8) is 0 Å². The summed E-state index contributed by atoms with van der Waals surface area (Å²) in [5, 5.41) is 15.1. The number of urea groups is 1. The van der Waals surface area contributed by atoms with Gasteiger partial charge in [-0.25, -0.2) is 9.78 Å². The van der Waals surface area contributed by atoms with E-state index in [1.807, 2.05) is 38.4 Å². The van der Waals surface area contributed by atoms with E-state index in [1.54, 1.807) is 56.8 Å². The van der Waals surface area contributed by atoms with Crippen LogP contribution in [0.3, 0.4) is 0 Å². The van der Waals surface area contributed by atoms with Gasteiger partial charge in [-0.05, 0) is 53.1 Å². The van der Waals surface area contributed by atoms with Crippen LogP contribution in [0.1, 0.15) is 24.1 Å². The first-order valence-corrected chi connectivity index (χ1v) is 19.7. The summed E-state index contributed by atoms with van der Waals surface area (Å²) in [4.78, 5) is 60.0. The summed E-state index contributed by atoms with van der Waals surface area (Å²) < 4.78 is 18.6. The minimum absolute atomic E-state index is 0.148. The van der Waals surface area contributed by atoms with Crippen LogP contribution in [0.2, 0.25) is 5.02 Å². The Morgan fingerprint density at radius 1 is 1.08 bits per heavy atom. The molecular weight excluding hydrogens is 782 g/mol. The number of amides is 3. The fraction of sp³-hybridized carbons (Fsp3) is 0.425. The number of morpholine rings is 1. The zero-order valence-corrected chi connectivity index (χ0v) is 34.6. The minimum atomic E-state index is -0.480. The highest BCUT2D eigenvalue weighted by Gasteiger charge is 2.40. The Bertz CT molecular complexity index is 2220. The minimum Gasteiger partial charge on any atom is -0.497 e. The monoisotopic (exact) mass is 830 g/mol. The number of nitrogens with zero attached hydrogens (tertiary/aromatic N) is 10. The van der Waals surface area contributed by atoms with Crippen LogP contribution in [-0.2, 0) is 29.7 Å². The van der Waals surface area contributed by atoms with Crippen LogP contribution >= 0.6 is 11.6 Å². The smallest absolute Gasteiger partial charge is 0.390 e. The highest BCUT2D eigenvalue weighted by atomic mass is 35.5. The van der Waals surface area contributed by atoms with Crippen molar-refractivity contribution in [2.24, 2.45) is 7.05 Å². The number of carbonyl (C=O) groups is 2. The number of hydrogen-bond acceptors (Lipinski definition) is 12. The SMILES string of the molecule is COc1cc(OC)c(Cl)c(N2Cc3cnc(Nc4ccc(N5CCOCC5)cc4)nc3N(C3CCN(C(=O)/C=C/C[N+](C)(C)Cc4c([N+](=O)[O-])ncn4C)CC3)C2=O)c1. The third kappa shape index (κ3) is 9.04. The van der Waals surface area contributed by atoms with Gasteiger partial charge in [0.15, 0.2) is 5.69 Å². The topological polar surface area (TPSA) is 174 Å². The molecule has 7 rings (SSSR count). The number of aromatic nitrogens is 4. The Labute approximate surface area is 347 Å². The van der Waals surface area contributed by atoms with Crippen molar-refractivity contribution in [2.45, 2.75) is 32.0 Å². The van der Waals surface area contributed by atoms with E-state index in [1.165, 1.54) is 20.5 Å². The Morgan fingerprint density at radius 3 is 2.49 bits per heavy atom. The highest BCUT2D eigenvalue weighted by Crippen LogP contribution is 2.43. The summed E-state index contributed by atoms with van der Waals surface area (Å²) in [7, 11) is 8.64. The predicted molar refractivity (Wildman–Crippen MR) is 223 cm³/mol. The van der Waals surface area contributed by atoms with Crippen LogP contribution in [0.15, 0.2) is 61.1 Å². The largest absolute Gasteiger partial charge is 0.497 e. The lowest BCUT2D eigenvalue weighted by molar-refractivity contribution is -0.898. The molecule has 0 atom stereocenters. The van der Waals surface area contributed by atoms with E-state index in [-0.39, 0.29) is 35.4 Å². The second-order valence-corrected chi connectivity index (χ2v) is 15.7. The number of halogens is 1. The fourth-order valence-corrected chi connectivity index (χ4v) is 7.91. The van der Waals surface area contributed by atoms with Crippen LogP contribution in [0.5, 0.6) is 11.5 Å². The number of piperidine rings is 1. The van der Waals surface area contributed by atoms with Crippen molar-refractivity contribution in [3.8, 4) is 11.5 Å². The number of ether oxygens (including phenoxy) is 3. The second kappa shape index (κ2) is 17.5. The number of methoxy groups -OCH3 is 2. The number of hydrogen-bond donors (Lipinski definition) is 1. The van der Waals surface area contributed by atoms with Crippen LogP contribution < -0.4 is 29.5 Å². The van der Waals surface area contributed by atoms with Gasteiger partial charge in [-0.3, -0.25) is 14.6 Å². The van der Waals surface area contributed by atoms with Gasteiger partial charge in [-0.15, -0.1) is 0 Å². The van der Waals surface area contributed by atoms with Gasteiger partial charge in [-0.2, -0.15) is 4.98 Å². The van der Waals surface area contributed by atoms with Crippen LogP contribution in [-0.4, -0.2) is 126 Å². The molecule has 2 saturated heterocycles. The number of carbonyl (C=O) groups excluding carboxylic acids is 2. The van der Waals surface area contributed by atoms with Gasteiger partial charge in [0.1, 0.15) is 28.9 Å². The van der Waals surface area contributed by atoms with E-state index >= 15 is 0 Å². The van der Waals surface area contributed by atoms with Gasteiger partial charge in [0.05, 0.1) is 60.3 Å². The molecule has 0 unspecified atom stereocenters. The average Bonchev–Trinajstić information content (AvgIpc) is 3.60. The van der Waals surface area contributed by atoms with E-state index in [0.29, 0.717) is 96.9 Å². The van der Waals surface area contributed by atoms with E-state index in [2.05, 4.69) is 20.2 Å². The third-order valence-electron chi connectivity index (χ3n) is 10.9. The number of aryl methyl sites for hydroxylation is 1. The Morgan fingerprint density at radius 2 is 1.81 bits per heavy atom. The standard InChI is InChI=1S/C40H49ClN11O7/c1-46-26-43-38(51(55)56)33(46)25-52(2,3)18-6-7-35(53)48-14-12-30(13-15-48)50-37-27(24-49(40(50)54)32-21-31(57-4)22-34(58-5)36(32)41)23-42-39(45-37)44-28-8-10-29(11-9-28)47-16-19-59-20-17-47/h6-11,21-23,26,30H,12-20,24-25H2,1-5H3,(H,42,44,45)/q+1/b7-6+. The molecule has 0 radical (unpaired) electrons. The highest BCUT2D eigenvalue weighted by molar-refractivity contribution is 6.35. The van der Waals surface area contributed by atoms with Crippen molar-refractivity contribution in [2.75, 3.05) is 94.3 Å². The molecule has 18 nitrogen and oxygen atoms in total. The molecule has 0 bridgehead atoms. The zero-order valence-electron chi connectivity index (χ0n) is 33.8. The number of fused-ring (bicyclic) bond motifs is 1.